The molecule has 49 heavy (non-hydrogen) atoms. The Kier molecular flexibility index (Phi) is 14.8. The summed E-state index contributed by atoms with van der Waals surface area (Å²) in [5.41, 5.74) is 6.16. The van der Waals surface area contributed by atoms with Gasteiger partial charge in [-0.3, -0.25) is 9.78 Å². The number of aliphatic hydroxyl groups is 1. The van der Waals surface area contributed by atoms with Crippen molar-refractivity contribution in [2.45, 2.75) is 99.7 Å². The van der Waals surface area contributed by atoms with Gasteiger partial charge in [-0.25, -0.2) is 0 Å². The van der Waals surface area contributed by atoms with Crippen LogP contribution < -0.4 is 5.19 Å². The number of aryl methyl sites for hydroxylation is 1. The topological polar surface area (TPSA) is 50.2 Å². The Balaban J connectivity index is 0.000000347. The van der Waals surface area contributed by atoms with Crippen LogP contribution in [0.25, 0.3) is 42.6 Å². The van der Waals surface area contributed by atoms with Crippen molar-refractivity contribution in [1.29, 1.82) is 0 Å². The molecule has 1 N–H and O–H groups in total. The molecule has 0 aliphatic heterocycles. The van der Waals surface area contributed by atoms with E-state index in [1.54, 1.807) is 0 Å². The Labute approximate surface area is 313 Å². The van der Waals surface area contributed by atoms with Gasteiger partial charge in [-0.1, -0.05) is 114 Å². The molecule has 3 aromatic carbocycles. The van der Waals surface area contributed by atoms with E-state index < -0.39 is 8.07 Å². The van der Waals surface area contributed by atoms with E-state index in [0.717, 1.165) is 42.3 Å². The Hall–Kier alpha value is -2.89. The normalized spacial score (nSPS) is 12.1. The number of thiophene rings is 1. The van der Waals surface area contributed by atoms with E-state index in [2.05, 4.69) is 107 Å². The molecule has 0 saturated carbocycles. The standard InChI is InChI=1S/C30H30NSSi.C13H24O2.Ir/c1-19(2)27-17-23(16-21-9-7-8-10-26(21)27)29-30-22(13-14-31-29)18-28(32-30)25-12-11-24(15-20(25)3)33(4,5)6;1-5-10(6-2)12(14)9-13(15)11(7-3)8-4;/h7-15,17-19H,1-6H3;9-11,14H,5-8H2,1-4H3;/q-1;;/b;12-9-;. The minimum absolute atomic E-state index is 0. The zero-order chi connectivity index (χ0) is 35.2. The van der Waals surface area contributed by atoms with Crippen LogP contribution in [-0.2, 0) is 24.9 Å². The van der Waals surface area contributed by atoms with Crippen molar-refractivity contribution >= 4 is 51.2 Å². The van der Waals surface area contributed by atoms with E-state index in [4.69, 9.17) is 4.98 Å². The summed E-state index contributed by atoms with van der Waals surface area (Å²) in [5.74, 6) is 0.986. The number of hydrogen-bond donors (Lipinski definition) is 1. The molecule has 0 aliphatic carbocycles. The molecule has 0 aliphatic rings. The number of pyridine rings is 1. The molecule has 0 saturated heterocycles. The number of rotatable bonds is 11. The second-order valence-corrected chi connectivity index (χ2v) is 20.4. The molecule has 263 valence electrons. The number of allylic oxidation sites excluding steroid dienone is 2. The second-order valence-electron chi connectivity index (χ2n) is 14.3. The second kappa shape index (κ2) is 17.9. The van der Waals surface area contributed by atoms with Crippen molar-refractivity contribution in [3.8, 4) is 21.7 Å². The van der Waals surface area contributed by atoms with Gasteiger partial charge in [0.15, 0.2) is 5.78 Å². The van der Waals surface area contributed by atoms with Crippen LogP contribution >= 0.6 is 11.3 Å². The molecule has 5 rings (SSSR count). The smallest absolute Gasteiger partial charge is 0.162 e. The van der Waals surface area contributed by atoms with E-state index in [1.165, 1.54) is 48.3 Å². The molecule has 0 spiro atoms. The van der Waals surface area contributed by atoms with Gasteiger partial charge in [0, 0.05) is 59.5 Å². The summed E-state index contributed by atoms with van der Waals surface area (Å²) in [6.45, 7) is 22.1. The summed E-state index contributed by atoms with van der Waals surface area (Å²) < 4.78 is 1.24. The maximum atomic E-state index is 11.7. The Morgan fingerprint density at radius 1 is 0.918 bits per heavy atom. The zero-order valence-electron chi connectivity index (χ0n) is 31.0. The molecule has 0 fully saturated rings. The molecule has 1 radical (unpaired) electrons. The minimum Gasteiger partial charge on any atom is -0.512 e. The van der Waals surface area contributed by atoms with Crippen molar-refractivity contribution in [2.24, 2.45) is 11.8 Å². The maximum absolute atomic E-state index is 11.7. The molecule has 2 aromatic heterocycles. The molecular weight excluding hydrogens is 815 g/mol. The van der Waals surface area contributed by atoms with Crippen molar-refractivity contribution in [3.63, 3.8) is 0 Å². The molecule has 6 heteroatoms. The predicted octanol–water partition coefficient (Wildman–Crippen LogP) is 12.4. The third-order valence-corrected chi connectivity index (χ3v) is 12.8. The number of fused-ring (bicyclic) bond motifs is 2. The van der Waals surface area contributed by atoms with Gasteiger partial charge in [-0.15, -0.1) is 40.5 Å². The largest absolute Gasteiger partial charge is 0.512 e. The summed E-state index contributed by atoms with van der Waals surface area (Å²) in [7, 11) is -1.32. The number of nitrogens with zero attached hydrogens (tertiary/aromatic N) is 1. The molecule has 0 unspecified atom stereocenters. The van der Waals surface area contributed by atoms with Gasteiger partial charge in [-0.2, -0.15) is 0 Å². The first-order valence-corrected chi connectivity index (χ1v) is 22.0. The van der Waals surface area contributed by atoms with Gasteiger partial charge >= 0.3 is 0 Å². The van der Waals surface area contributed by atoms with E-state index in [9.17, 15) is 9.90 Å². The average Bonchev–Trinajstić information content (AvgIpc) is 3.49. The fourth-order valence-electron chi connectivity index (χ4n) is 6.34. The van der Waals surface area contributed by atoms with Crippen LogP contribution in [-0.4, -0.2) is 23.9 Å². The molecule has 5 aromatic rings. The maximum Gasteiger partial charge on any atom is 0.162 e. The van der Waals surface area contributed by atoms with Gasteiger partial charge < -0.3 is 5.11 Å². The molecular formula is C43H54IrNO2SSi-. The molecule has 2 heterocycles. The first kappa shape index (κ1) is 40.5. The van der Waals surface area contributed by atoms with E-state index in [1.807, 2.05) is 45.2 Å². The summed E-state index contributed by atoms with van der Waals surface area (Å²) in [6.07, 6.45) is 6.84. The van der Waals surface area contributed by atoms with Gasteiger partial charge in [0.05, 0.1) is 13.8 Å². The summed E-state index contributed by atoms with van der Waals surface area (Å²) in [6, 6.07) is 26.0. The summed E-state index contributed by atoms with van der Waals surface area (Å²) in [5, 5.41) is 15.0. The summed E-state index contributed by atoms with van der Waals surface area (Å²) in [4.78, 5) is 17.9. The molecule has 0 amide bonds. The van der Waals surface area contributed by atoms with E-state index in [0.29, 0.717) is 5.92 Å². The fourth-order valence-corrected chi connectivity index (χ4v) is 8.82. The average molecular weight is 869 g/mol. The van der Waals surface area contributed by atoms with Crippen LogP contribution in [0.2, 0.25) is 19.6 Å². The quantitative estimate of drug-likeness (QED) is 0.0623. The van der Waals surface area contributed by atoms with Gasteiger partial charge in [0.1, 0.15) is 0 Å². The number of ketones is 1. The van der Waals surface area contributed by atoms with Crippen LogP contribution in [0, 0.1) is 24.8 Å². The van der Waals surface area contributed by atoms with Crippen LogP contribution in [0.15, 0.2) is 78.7 Å². The first-order chi connectivity index (χ1) is 22.8. The number of aromatic nitrogens is 1. The number of carbonyl (C=O) groups excluding carboxylic acids is 1. The summed E-state index contributed by atoms with van der Waals surface area (Å²) >= 11 is 1.85. The Morgan fingerprint density at radius 2 is 1.57 bits per heavy atom. The molecule has 0 atom stereocenters. The third-order valence-electron chi connectivity index (χ3n) is 9.56. The van der Waals surface area contributed by atoms with Gasteiger partial charge in [0.25, 0.3) is 0 Å². The minimum atomic E-state index is -1.32. The van der Waals surface area contributed by atoms with Crippen molar-refractivity contribution in [1.82, 2.24) is 4.98 Å². The number of carbonyl (C=O) groups is 1. The van der Waals surface area contributed by atoms with E-state index in [-0.39, 0.29) is 43.5 Å². The SMILES string of the molecule is CCC(CC)C(=O)/C=C(\O)C(CC)CC.Cc1cc([Si](C)(C)C)ccc1-c1cc2ccnc(-c3[c-]c4ccccc4c(C(C)C)c3)c2s1.[Ir]. The molecule has 3 nitrogen and oxygen atoms in total. The third kappa shape index (κ3) is 9.67. The Bertz CT molecular complexity index is 1890. The monoisotopic (exact) mass is 869 g/mol. The van der Waals surface area contributed by atoms with Crippen LogP contribution in [0.5, 0.6) is 0 Å². The van der Waals surface area contributed by atoms with Crippen molar-refractivity contribution < 1.29 is 30.0 Å². The van der Waals surface area contributed by atoms with E-state index >= 15 is 0 Å². The number of hydrogen-bond acceptors (Lipinski definition) is 4. The number of benzene rings is 3. The van der Waals surface area contributed by atoms with Crippen LogP contribution in [0.1, 0.15) is 84.3 Å². The van der Waals surface area contributed by atoms with Crippen LogP contribution in [0.3, 0.4) is 0 Å². The van der Waals surface area contributed by atoms with Gasteiger partial charge in [-0.05, 0) is 67.2 Å². The van der Waals surface area contributed by atoms with Crippen LogP contribution in [0.4, 0.5) is 0 Å². The van der Waals surface area contributed by atoms with Gasteiger partial charge in [0.2, 0.25) is 0 Å². The molecule has 0 bridgehead atoms. The fraction of sp³-hybridized carbons (Fsp3) is 0.395. The first-order valence-electron chi connectivity index (χ1n) is 17.7. The zero-order valence-corrected chi connectivity index (χ0v) is 35.2. The van der Waals surface area contributed by atoms with Crippen molar-refractivity contribution in [2.75, 3.05) is 0 Å². The predicted molar refractivity (Wildman–Crippen MR) is 213 cm³/mol. The Morgan fingerprint density at radius 3 is 2.16 bits per heavy atom. The number of aliphatic hydroxyl groups excluding tert-OH is 1. The van der Waals surface area contributed by atoms with Crippen molar-refractivity contribution in [3.05, 3.63) is 95.9 Å².